The second kappa shape index (κ2) is 6.78. The molecule has 1 aromatic rings. The molecule has 104 valence electrons. The first-order chi connectivity index (χ1) is 8.84. The molecule has 0 fully saturated rings. The Labute approximate surface area is 122 Å². The molecule has 0 bridgehead atoms. The minimum atomic E-state index is -0.757. The second-order valence-electron chi connectivity index (χ2n) is 4.22. The molecule has 1 N–H and O–H groups in total. The van der Waals surface area contributed by atoms with E-state index in [2.05, 4.69) is 5.32 Å². The Morgan fingerprint density at radius 1 is 1.26 bits per heavy atom. The van der Waals surface area contributed by atoms with Crippen molar-refractivity contribution in [3.05, 3.63) is 34.9 Å². The van der Waals surface area contributed by atoms with Gasteiger partial charge >= 0.3 is 6.03 Å². The number of imide groups is 1. The lowest BCUT2D eigenvalue weighted by Gasteiger charge is -2.26. The molecule has 0 aromatic heterocycles. The molecule has 1 rings (SSSR count). The van der Waals surface area contributed by atoms with Crippen LogP contribution in [0, 0.1) is 0 Å². The van der Waals surface area contributed by atoms with Gasteiger partial charge in [-0.3, -0.25) is 10.1 Å². The third kappa shape index (κ3) is 4.11. The van der Waals surface area contributed by atoms with Gasteiger partial charge in [-0.25, -0.2) is 4.79 Å². The van der Waals surface area contributed by atoms with Gasteiger partial charge in [-0.15, -0.1) is 11.6 Å². The van der Waals surface area contributed by atoms with E-state index in [0.717, 1.165) is 5.56 Å². The predicted molar refractivity (Wildman–Crippen MR) is 76.5 cm³/mol. The van der Waals surface area contributed by atoms with E-state index in [9.17, 15) is 9.59 Å². The van der Waals surface area contributed by atoms with Gasteiger partial charge in [-0.05, 0) is 25.5 Å². The first-order valence-electron chi connectivity index (χ1n) is 5.80. The highest BCUT2D eigenvalue weighted by atomic mass is 35.5. The Balaban J connectivity index is 2.77. The van der Waals surface area contributed by atoms with Gasteiger partial charge in [-0.1, -0.05) is 29.8 Å². The molecular weight excluding hydrogens is 287 g/mol. The van der Waals surface area contributed by atoms with Gasteiger partial charge in [0.1, 0.15) is 5.38 Å². The van der Waals surface area contributed by atoms with Crippen molar-refractivity contribution in [2.75, 3.05) is 7.05 Å². The summed E-state index contributed by atoms with van der Waals surface area (Å²) >= 11 is 11.7. The van der Waals surface area contributed by atoms with Crippen LogP contribution in [0.15, 0.2) is 24.3 Å². The van der Waals surface area contributed by atoms with Crippen molar-refractivity contribution in [2.24, 2.45) is 0 Å². The molecule has 19 heavy (non-hydrogen) atoms. The summed E-state index contributed by atoms with van der Waals surface area (Å²) in [5, 5.41) is 2.04. The average Bonchev–Trinajstić information content (AvgIpc) is 2.37. The fourth-order valence-electron chi connectivity index (χ4n) is 1.49. The van der Waals surface area contributed by atoms with Crippen LogP contribution in [0.25, 0.3) is 0 Å². The van der Waals surface area contributed by atoms with Crippen LogP contribution in [0.3, 0.4) is 0 Å². The van der Waals surface area contributed by atoms with E-state index in [1.54, 1.807) is 13.1 Å². The molecule has 1 aromatic carbocycles. The van der Waals surface area contributed by atoms with E-state index < -0.39 is 17.3 Å². The fourth-order valence-corrected chi connectivity index (χ4v) is 1.84. The molecule has 4 nitrogen and oxygen atoms in total. The molecule has 0 aliphatic rings. The predicted octanol–water partition coefficient (Wildman–Crippen LogP) is 3.20. The van der Waals surface area contributed by atoms with Crippen LogP contribution in [-0.4, -0.2) is 29.3 Å². The number of hydrogen-bond acceptors (Lipinski definition) is 2. The quantitative estimate of drug-likeness (QED) is 0.872. The van der Waals surface area contributed by atoms with Crippen LogP contribution in [0.4, 0.5) is 4.79 Å². The Morgan fingerprint density at radius 2 is 1.84 bits per heavy atom. The normalized spacial score (nSPS) is 13.5. The maximum atomic E-state index is 11.9. The van der Waals surface area contributed by atoms with Crippen LogP contribution in [0.5, 0.6) is 0 Å². The number of hydrogen-bond donors (Lipinski definition) is 1. The van der Waals surface area contributed by atoms with Crippen LogP contribution in [-0.2, 0) is 4.79 Å². The number of carbonyl (C=O) groups excluding carboxylic acids is 2. The summed E-state index contributed by atoms with van der Waals surface area (Å²) in [7, 11) is 1.59. The van der Waals surface area contributed by atoms with Crippen molar-refractivity contribution in [1.29, 1.82) is 0 Å². The third-order valence-electron chi connectivity index (χ3n) is 2.85. The summed E-state index contributed by atoms with van der Waals surface area (Å²) in [4.78, 5) is 24.6. The average molecular weight is 303 g/mol. The molecule has 0 radical (unpaired) electrons. The summed E-state index contributed by atoms with van der Waals surface area (Å²) in [6.45, 7) is 3.33. The first-order valence-corrected chi connectivity index (χ1v) is 6.62. The molecule has 2 atom stereocenters. The van der Waals surface area contributed by atoms with Crippen molar-refractivity contribution in [1.82, 2.24) is 10.2 Å². The highest BCUT2D eigenvalue weighted by molar-refractivity contribution is 6.31. The lowest BCUT2D eigenvalue weighted by atomic mass is 10.1. The van der Waals surface area contributed by atoms with Crippen molar-refractivity contribution < 1.29 is 9.59 Å². The number of carbonyl (C=O) groups is 2. The van der Waals surface area contributed by atoms with Crippen molar-refractivity contribution in [3.8, 4) is 0 Å². The van der Waals surface area contributed by atoms with E-state index in [4.69, 9.17) is 23.2 Å². The first kappa shape index (κ1) is 15.8. The molecule has 2 unspecified atom stereocenters. The van der Waals surface area contributed by atoms with Gasteiger partial charge < -0.3 is 4.90 Å². The monoisotopic (exact) mass is 302 g/mol. The molecular formula is C13H16Cl2N2O2. The smallest absolute Gasteiger partial charge is 0.321 e. The van der Waals surface area contributed by atoms with Gasteiger partial charge in [0.15, 0.2) is 0 Å². The Morgan fingerprint density at radius 3 is 2.37 bits per heavy atom. The molecule has 0 heterocycles. The van der Waals surface area contributed by atoms with Gasteiger partial charge in [0.25, 0.3) is 0 Å². The zero-order chi connectivity index (χ0) is 14.6. The highest BCUT2D eigenvalue weighted by Gasteiger charge is 2.22. The van der Waals surface area contributed by atoms with Crippen molar-refractivity contribution in [3.63, 3.8) is 0 Å². The zero-order valence-electron chi connectivity index (χ0n) is 11.0. The second-order valence-corrected chi connectivity index (χ2v) is 5.28. The molecule has 3 amide bonds. The summed E-state index contributed by atoms with van der Waals surface area (Å²) in [6, 6.07) is 6.48. The Bertz CT molecular complexity index is 477. The van der Waals surface area contributed by atoms with E-state index in [0.29, 0.717) is 5.02 Å². The van der Waals surface area contributed by atoms with Gasteiger partial charge in [0.05, 0.1) is 6.04 Å². The van der Waals surface area contributed by atoms with E-state index >= 15 is 0 Å². The molecule has 6 heteroatoms. The number of amides is 3. The molecule has 0 saturated heterocycles. The number of nitrogens with zero attached hydrogens (tertiary/aromatic N) is 1. The summed E-state index contributed by atoms with van der Waals surface area (Å²) in [5.74, 6) is -0.523. The van der Waals surface area contributed by atoms with Crippen LogP contribution in [0.2, 0.25) is 5.02 Å². The van der Waals surface area contributed by atoms with Gasteiger partial charge in [-0.2, -0.15) is 0 Å². The number of alkyl halides is 1. The lowest BCUT2D eigenvalue weighted by molar-refractivity contribution is -0.119. The minimum absolute atomic E-state index is 0.257. The maximum absolute atomic E-state index is 11.9. The van der Waals surface area contributed by atoms with Crippen molar-refractivity contribution in [2.45, 2.75) is 25.3 Å². The molecule has 0 spiro atoms. The van der Waals surface area contributed by atoms with E-state index in [1.807, 2.05) is 25.1 Å². The topological polar surface area (TPSA) is 49.4 Å². The molecule has 0 aliphatic heterocycles. The SMILES string of the molecule is CC(Cl)C(=O)NC(=O)N(C)C(C)c1ccccc1Cl. The summed E-state index contributed by atoms with van der Waals surface area (Å²) in [5.41, 5.74) is 0.813. The largest absolute Gasteiger partial charge is 0.324 e. The van der Waals surface area contributed by atoms with Crippen LogP contribution in [0.1, 0.15) is 25.5 Å². The molecule has 0 saturated carbocycles. The van der Waals surface area contributed by atoms with Gasteiger partial charge in [0.2, 0.25) is 5.91 Å². The lowest BCUT2D eigenvalue weighted by Crippen LogP contribution is -2.44. The maximum Gasteiger partial charge on any atom is 0.324 e. The minimum Gasteiger partial charge on any atom is -0.321 e. The highest BCUT2D eigenvalue weighted by Crippen LogP contribution is 2.26. The number of benzene rings is 1. The Kier molecular flexibility index (Phi) is 5.63. The summed E-state index contributed by atoms with van der Waals surface area (Å²) < 4.78 is 0. The molecule has 0 aliphatic carbocycles. The number of rotatable bonds is 3. The van der Waals surface area contributed by atoms with E-state index in [-0.39, 0.29) is 6.04 Å². The van der Waals surface area contributed by atoms with E-state index in [1.165, 1.54) is 11.8 Å². The number of urea groups is 1. The number of halogens is 2. The zero-order valence-corrected chi connectivity index (χ0v) is 12.5. The third-order valence-corrected chi connectivity index (χ3v) is 3.39. The standard InChI is InChI=1S/C13H16Cl2N2O2/c1-8(14)12(18)16-13(19)17(3)9(2)10-6-4-5-7-11(10)15/h4-9H,1-3H3,(H,16,18,19). The Hall–Kier alpha value is -1.26. The van der Waals surface area contributed by atoms with Crippen molar-refractivity contribution >= 4 is 35.1 Å². The van der Waals surface area contributed by atoms with Crippen LogP contribution >= 0.6 is 23.2 Å². The van der Waals surface area contributed by atoms with Gasteiger partial charge in [0, 0.05) is 12.1 Å². The van der Waals surface area contributed by atoms with Crippen LogP contribution < -0.4 is 5.32 Å². The number of nitrogens with one attached hydrogen (secondary N) is 1. The fraction of sp³-hybridized carbons (Fsp3) is 0.385. The summed E-state index contributed by atoms with van der Waals surface area (Å²) in [6.07, 6.45) is 0.